The molecule has 0 aliphatic heterocycles. The molecule has 0 amide bonds. The molecule has 0 aromatic rings. The van der Waals surface area contributed by atoms with Gasteiger partial charge in [0, 0.05) is 0 Å². The largest absolute Gasteiger partial charge is 0.330 e. The summed E-state index contributed by atoms with van der Waals surface area (Å²) in [5.41, 5.74) is 11.1. The summed E-state index contributed by atoms with van der Waals surface area (Å²) in [7, 11) is 1.90. The van der Waals surface area contributed by atoms with Crippen molar-refractivity contribution in [2.45, 2.75) is 44.7 Å². The maximum Gasteiger partial charge on any atom is 0.0543 e. The second-order valence-corrected chi connectivity index (χ2v) is 3.24. The van der Waals surface area contributed by atoms with E-state index in [9.17, 15) is 0 Å². The average Bonchev–Trinajstić information content (AvgIpc) is 2.10. The van der Waals surface area contributed by atoms with Crippen LogP contribution in [0.15, 0.2) is 0 Å². The van der Waals surface area contributed by atoms with Crippen LogP contribution in [0.3, 0.4) is 0 Å². The van der Waals surface area contributed by atoms with Crippen molar-refractivity contribution in [1.82, 2.24) is 5.32 Å². The first-order valence-electron chi connectivity index (χ1n) is 4.94. The Morgan fingerprint density at radius 3 is 2.25 bits per heavy atom. The highest BCUT2D eigenvalue weighted by atomic mass is 15.0. The molecule has 1 unspecified atom stereocenters. The molecular weight excluding hydrogens is 150 g/mol. The highest BCUT2D eigenvalue weighted by molar-refractivity contribution is 4.55. The van der Waals surface area contributed by atoms with Crippen LogP contribution >= 0.6 is 0 Å². The van der Waals surface area contributed by atoms with Gasteiger partial charge in [0.1, 0.15) is 0 Å². The molecule has 0 fully saturated rings. The first kappa shape index (κ1) is 11.9. The molecule has 0 rings (SSSR count). The maximum absolute atomic E-state index is 5.68. The average molecular weight is 173 g/mol. The van der Waals surface area contributed by atoms with E-state index in [0.29, 0.717) is 0 Å². The zero-order valence-corrected chi connectivity index (χ0v) is 8.18. The summed E-state index contributed by atoms with van der Waals surface area (Å²) >= 11 is 0. The first-order valence-corrected chi connectivity index (χ1v) is 4.94. The number of hydrogen-bond donors (Lipinski definition) is 3. The minimum Gasteiger partial charge on any atom is -0.330 e. The summed E-state index contributed by atoms with van der Waals surface area (Å²) in [5, 5.41) is 3.02. The number of unbranched alkanes of at least 4 members (excludes halogenated alkanes) is 4. The molecule has 0 spiro atoms. The van der Waals surface area contributed by atoms with Crippen molar-refractivity contribution in [3.63, 3.8) is 0 Å². The van der Waals surface area contributed by atoms with E-state index >= 15 is 0 Å². The summed E-state index contributed by atoms with van der Waals surface area (Å²) in [4.78, 5) is 0. The van der Waals surface area contributed by atoms with Crippen LogP contribution in [-0.4, -0.2) is 19.8 Å². The molecule has 0 bridgehead atoms. The Labute approximate surface area is 75.9 Å². The lowest BCUT2D eigenvalue weighted by Gasteiger charge is -2.08. The van der Waals surface area contributed by atoms with Crippen molar-refractivity contribution in [3.05, 3.63) is 0 Å². The zero-order chi connectivity index (χ0) is 9.23. The van der Waals surface area contributed by atoms with Crippen molar-refractivity contribution in [3.8, 4) is 0 Å². The molecule has 0 saturated carbocycles. The van der Waals surface area contributed by atoms with Gasteiger partial charge in [-0.3, -0.25) is 0 Å². The Bertz CT molecular complexity index is 85.8. The van der Waals surface area contributed by atoms with Crippen LogP contribution in [0, 0.1) is 0 Å². The third-order valence-corrected chi connectivity index (χ3v) is 2.09. The monoisotopic (exact) mass is 173 g/mol. The molecule has 0 aromatic heterocycles. The minimum absolute atomic E-state index is 0.180. The van der Waals surface area contributed by atoms with E-state index in [2.05, 4.69) is 5.32 Å². The second kappa shape index (κ2) is 8.97. The SMILES string of the molecule is CNC(N)CCCCCCCN. The molecule has 0 saturated heterocycles. The highest BCUT2D eigenvalue weighted by Crippen LogP contribution is 2.04. The van der Waals surface area contributed by atoms with Gasteiger partial charge in [0.05, 0.1) is 6.17 Å². The fourth-order valence-corrected chi connectivity index (χ4v) is 1.18. The Kier molecular flexibility index (Phi) is 8.88. The first-order chi connectivity index (χ1) is 5.81. The van der Waals surface area contributed by atoms with Crippen LogP contribution in [-0.2, 0) is 0 Å². The van der Waals surface area contributed by atoms with Gasteiger partial charge < -0.3 is 16.8 Å². The molecule has 74 valence electrons. The van der Waals surface area contributed by atoms with Crippen molar-refractivity contribution < 1.29 is 0 Å². The number of nitrogens with two attached hydrogens (primary N) is 2. The lowest BCUT2D eigenvalue weighted by Crippen LogP contribution is -2.33. The lowest BCUT2D eigenvalue weighted by atomic mass is 10.1. The van der Waals surface area contributed by atoms with Gasteiger partial charge in [0.25, 0.3) is 0 Å². The maximum atomic E-state index is 5.68. The fraction of sp³-hybridized carbons (Fsp3) is 1.00. The zero-order valence-electron chi connectivity index (χ0n) is 8.18. The molecule has 3 nitrogen and oxygen atoms in total. The van der Waals surface area contributed by atoms with Gasteiger partial charge in [0.2, 0.25) is 0 Å². The van der Waals surface area contributed by atoms with Crippen LogP contribution in [0.2, 0.25) is 0 Å². The summed E-state index contributed by atoms with van der Waals surface area (Å²) < 4.78 is 0. The van der Waals surface area contributed by atoms with Crippen molar-refractivity contribution >= 4 is 0 Å². The predicted molar refractivity (Wildman–Crippen MR) is 53.8 cm³/mol. The molecule has 0 heterocycles. The number of hydrogen-bond acceptors (Lipinski definition) is 3. The van der Waals surface area contributed by atoms with E-state index in [-0.39, 0.29) is 6.17 Å². The van der Waals surface area contributed by atoms with Gasteiger partial charge in [-0.2, -0.15) is 0 Å². The summed E-state index contributed by atoms with van der Waals surface area (Å²) in [6, 6.07) is 0. The van der Waals surface area contributed by atoms with Crippen LogP contribution in [0.1, 0.15) is 38.5 Å². The summed E-state index contributed by atoms with van der Waals surface area (Å²) in [5.74, 6) is 0. The second-order valence-electron chi connectivity index (χ2n) is 3.24. The molecule has 3 heteroatoms. The smallest absolute Gasteiger partial charge is 0.0543 e. The third kappa shape index (κ3) is 7.98. The molecule has 5 N–H and O–H groups in total. The van der Waals surface area contributed by atoms with E-state index in [1.165, 1.54) is 25.7 Å². The van der Waals surface area contributed by atoms with Crippen LogP contribution in [0.25, 0.3) is 0 Å². The Morgan fingerprint density at radius 1 is 1.08 bits per heavy atom. The topological polar surface area (TPSA) is 64.1 Å². The molecule has 0 radical (unpaired) electrons. The van der Waals surface area contributed by atoms with Crippen molar-refractivity contribution in [2.75, 3.05) is 13.6 Å². The standard InChI is InChI=1S/C9H23N3/c1-12-9(11)7-5-3-2-4-6-8-10/h9,12H,2-8,10-11H2,1H3. The highest BCUT2D eigenvalue weighted by Gasteiger charge is 1.96. The quantitative estimate of drug-likeness (QED) is 0.375. The molecular formula is C9H23N3. The van der Waals surface area contributed by atoms with Gasteiger partial charge in [-0.15, -0.1) is 0 Å². The minimum atomic E-state index is 0.180. The third-order valence-electron chi connectivity index (χ3n) is 2.09. The van der Waals surface area contributed by atoms with Gasteiger partial charge in [-0.05, 0) is 26.4 Å². The predicted octanol–water partition coefficient (Wildman–Crippen LogP) is 0.790. The van der Waals surface area contributed by atoms with E-state index in [1.54, 1.807) is 0 Å². The molecule has 12 heavy (non-hydrogen) atoms. The number of nitrogens with one attached hydrogen (secondary N) is 1. The van der Waals surface area contributed by atoms with E-state index in [1.807, 2.05) is 7.05 Å². The number of rotatable bonds is 8. The summed E-state index contributed by atoms with van der Waals surface area (Å²) in [6.45, 7) is 0.829. The van der Waals surface area contributed by atoms with Crippen LogP contribution in [0.4, 0.5) is 0 Å². The fourth-order valence-electron chi connectivity index (χ4n) is 1.18. The van der Waals surface area contributed by atoms with Crippen molar-refractivity contribution in [1.29, 1.82) is 0 Å². The lowest BCUT2D eigenvalue weighted by molar-refractivity contribution is 0.495. The van der Waals surface area contributed by atoms with E-state index in [4.69, 9.17) is 11.5 Å². The molecule has 0 aliphatic carbocycles. The van der Waals surface area contributed by atoms with Crippen molar-refractivity contribution in [2.24, 2.45) is 11.5 Å². The van der Waals surface area contributed by atoms with Crippen LogP contribution < -0.4 is 16.8 Å². The van der Waals surface area contributed by atoms with Gasteiger partial charge in [-0.1, -0.05) is 25.7 Å². The molecule has 0 aromatic carbocycles. The van der Waals surface area contributed by atoms with E-state index in [0.717, 1.165) is 19.4 Å². The Hall–Kier alpha value is -0.120. The normalized spacial score (nSPS) is 13.2. The molecule has 1 atom stereocenters. The van der Waals surface area contributed by atoms with Gasteiger partial charge >= 0.3 is 0 Å². The van der Waals surface area contributed by atoms with Crippen LogP contribution in [0.5, 0.6) is 0 Å². The Morgan fingerprint density at radius 2 is 1.67 bits per heavy atom. The van der Waals surface area contributed by atoms with E-state index < -0.39 is 0 Å². The van der Waals surface area contributed by atoms with Gasteiger partial charge in [0.15, 0.2) is 0 Å². The Balaban J connectivity index is 2.90. The molecule has 0 aliphatic rings. The summed E-state index contributed by atoms with van der Waals surface area (Å²) in [6.07, 6.45) is 7.51. The van der Waals surface area contributed by atoms with Gasteiger partial charge in [-0.25, -0.2) is 0 Å².